The van der Waals surface area contributed by atoms with Gasteiger partial charge >= 0.3 is 0 Å². The summed E-state index contributed by atoms with van der Waals surface area (Å²) in [5, 5.41) is 4.21. The van der Waals surface area contributed by atoms with Crippen molar-refractivity contribution in [2.24, 2.45) is 0 Å². The molecule has 0 amide bonds. The van der Waals surface area contributed by atoms with E-state index in [2.05, 4.69) is 42.2 Å². The average molecular weight is 411 g/mol. The van der Waals surface area contributed by atoms with Gasteiger partial charge in [-0.1, -0.05) is 29.3 Å². The first-order chi connectivity index (χ1) is 8.58. The second-order valence-electron chi connectivity index (χ2n) is 3.53. The van der Waals surface area contributed by atoms with Gasteiger partial charge in [0.15, 0.2) is 0 Å². The number of hydrogen-bond acceptors (Lipinski definition) is 2. The molecule has 0 radical (unpaired) electrons. The number of benzene rings is 1. The summed E-state index contributed by atoms with van der Waals surface area (Å²) in [4.78, 5) is 4.33. The molecule has 1 aromatic carbocycles. The van der Waals surface area contributed by atoms with Crippen molar-refractivity contribution in [1.82, 2.24) is 4.98 Å². The molecule has 2 rings (SSSR count). The number of anilines is 1. The topological polar surface area (TPSA) is 24.9 Å². The highest BCUT2D eigenvalue weighted by Gasteiger charge is 2.08. The van der Waals surface area contributed by atoms with Crippen LogP contribution in [0.4, 0.5) is 5.69 Å². The van der Waals surface area contributed by atoms with E-state index in [1.54, 1.807) is 0 Å². The van der Waals surface area contributed by atoms with Crippen molar-refractivity contribution in [3.8, 4) is 0 Å². The van der Waals surface area contributed by atoms with E-state index >= 15 is 0 Å². The molecule has 0 saturated heterocycles. The molecule has 1 aromatic heterocycles. The molecule has 0 aliphatic rings. The zero-order valence-electron chi connectivity index (χ0n) is 9.05. The van der Waals surface area contributed by atoms with Crippen LogP contribution in [0.15, 0.2) is 39.4 Å². The summed E-state index contributed by atoms with van der Waals surface area (Å²) in [6.07, 6.45) is 0. The van der Waals surface area contributed by atoms with Crippen molar-refractivity contribution in [3.63, 3.8) is 0 Å². The first-order valence-corrected chi connectivity index (χ1v) is 7.41. The normalized spacial score (nSPS) is 10.4. The van der Waals surface area contributed by atoms with Gasteiger partial charge in [0.1, 0.15) is 4.60 Å². The summed E-state index contributed by atoms with van der Waals surface area (Å²) in [5.41, 5.74) is 1.70. The van der Waals surface area contributed by atoms with Crippen LogP contribution in [0.1, 0.15) is 5.69 Å². The average Bonchev–Trinajstić information content (AvgIpc) is 2.35. The lowest BCUT2D eigenvalue weighted by molar-refractivity contribution is 1.03. The smallest absolute Gasteiger partial charge is 0.106 e. The van der Waals surface area contributed by atoms with E-state index in [-0.39, 0.29) is 0 Å². The fourth-order valence-electron chi connectivity index (χ4n) is 1.40. The Hall–Kier alpha value is -0.290. The lowest BCUT2D eigenvalue weighted by Gasteiger charge is -2.10. The fraction of sp³-hybridized carbons (Fsp3) is 0.0833. The molecule has 0 fully saturated rings. The Balaban J connectivity index is 2.14. The van der Waals surface area contributed by atoms with Crippen molar-refractivity contribution < 1.29 is 0 Å². The summed E-state index contributed by atoms with van der Waals surface area (Å²) in [7, 11) is 0. The van der Waals surface area contributed by atoms with Gasteiger partial charge in [-0.2, -0.15) is 0 Å². The van der Waals surface area contributed by atoms with Crippen molar-refractivity contribution in [2.75, 3.05) is 5.32 Å². The van der Waals surface area contributed by atoms with Gasteiger partial charge in [0.2, 0.25) is 0 Å². The van der Waals surface area contributed by atoms with E-state index in [1.165, 1.54) is 0 Å². The van der Waals surface area contributed by atoms with Crippen LogP contribution in [0.3, 0.4) is 0 Å². The van der Waals surface area contributed by atoms with Crippen LogP contribution < -0.4 is 5.32 Å². The number of aromatic nitrogens is 1. The van der Waals surface area contributed by atoms with Crippen LogP contribution in [0.5, 0.6) is 0 Å². The minimum Gasteiger partial charge on any atom is -0.378 e. The molecule has 0 bridgehead atoms. The molecule has 2 nitrogen and oxygen atoms in total. The quantitative estimate of drug-likeness (QED) is 0.532. The molecule has 1 N–H and O–H groups in total. The van der Waals surface area contributed by atoms with Gasteiger partial charge in [-0.3, -0.25) is 0 Å². The summed E-state index contributed by atoms with van der Waals surface area (Å²) in [6.45, 7) is 0.580. The Morgan fingerprint density at radius 2 is 1.83 bits per heavy atom. The monoisotopic (exact) mass is 408 g/mol. The Morgan fingerprint density at radius 1 is 1.06 bits per heavy atom. The summed E-state index contributed by atoms with van der Waals surface area (Å²) in [6, 6.07) is 9.48. The van der Waals surface area contributed by atoms with E-state index in [0.29, 0.717) is 16.6 Å². The number of rotatable bonds is 3. The third kappa shape index (κ3) is 3.38. The molecule has 6 heteroatoms. The van der Waals surface area contributed by atoms with Gasteiger partial charge in [0, 0.05) is 4.47 Å². The van der Waals surface area contributed by atoms with Crippen molar-refractivity contribution in [3.05, 3.63) is 55.1 Å². The zero-order valence-corrected chi connectivity index (χ0v) is 13.7. The second-order valence-corrected chi connectivity index (χ2v) is 5.95. The number of halogens is 4. The predicted octanol–water partition coefficient (Wildman–Crippen LogP) is 5.53. The van der Waals surface area contributed by atoms with E-state index in [0.717, 1.165) is 20.5 Å². The molecule has 0 spiro atoms. The van der Waals surface area contributed by atoms with Crippen LogP contribution in [0.25, 0.3) is 0 Å². The molecule has 0 atom stereocenters. The highest BCUT2D eigenvalue weighted by molar-refractivity contribution is 9.10. The lowest BCUT2D eigenvalue weighted by Crippen LogP contribution is -2.02. The fourth-order valence-corrected chi connectivity index (χ4v) is 2.62. The number of nitrogens with zero attached hydrogens (tertiary/aromatic N) is 1. The highest BCUT2D eigenvalue weighted by atomic mass is 79.9. The standard InChI is InChI=1S/C12H8Br2Cl2N2/c13-8-4-5-9(12(16)11(8)15)17-6-7-2-1-3-10(14)18-7/h1-5,17H,6H2. The third-order valence-corrected chi connectivity index (χ3v) is 4.48. The summed E-state index contributed by atoms with van der Waals surface area (Å²) >= 11 is 18.8. The van der Waals surface area contributed by atoms with Crippen LogP contribution in [0.2, 0.25) is 10.0 Å². The van der Waals surface area contributed by atoms with Gasteiger partial charge in [-0.05, 0) is 56.1 Å². The predicted molar refractivity (Wildman–Crippen MR) is 83.4 cm³/mol. The molecule has 18 heavy (non-hydrogen) atoms. The van der Waals surface area contributed by atoms with Gasteiger partial charge in [-0.25, -0.2) is 4.98 Å². The van der Waals surface area contributed by atoms with E-state index in [4.69, 9.17) is 23.2 Å². The molecule has 2 aromatic rings. The summed E-state index contributed by atoms with van der Waals surface area (Å²) < 4.78 is 1.59. The number of hydrogen-bond donors (Lipinski definition) is 1. The van der Waals surface area contributed by atoms with Gasteiger partial charge in [0.05, 0.1) is 28.0 Å². The molecule has 0 aliphatic carbocycles. The zero-order chi connectivity index (χ0) is 13.1. The maximum atomic E-state index is 6.14. The second kappa shape index (κ2) is 6.24. The Kier molecular flexibility index (Phi) is 4.90. The maximum Gasteiger partial charge on any atom is 0.106 e. The van der Waals surface area contributed by atoms with Gasteiger partial charge in [0.25, 0.3) is 0 Å². The van der Waals surface area contributed by atoms with Crippen LogP contribution in [-0.4, -0.2) is 4.98 Å². The van der Waals surface area contributed by atoms with Crippen LogP contribution in [0, 0.1) is 0 Å². The molecule has 1 heterocycles. The maximum absolute atomic E-state index is 6.14. The molecule has 0 saturated carbocycles. The van der Waals surface area contributed by atoms with E-state index < -0.39 is 0 Å². The van der Waals surface area contributed by atoms with Gasteiger partial charge < -0.3 is 5.32 Å². The van der Waals surface area contributed by atoms with Crippen molar-refractivity contribution in [2.45, 2.75) is 6.54 Å². The Labute approximate surface area is 132 Å². The largest absolute Gasteiger partial charge is 0.378 e. The SMILES string of the molecule is Clc1c(Br)ccc(NCc2cccc(Br)n2)c1Cl. The molecule has 94 valence electrons. The first kappa shape index (κ1) is 14.1. The molecular formula is C12H8Br2Cl2N2. The molecule has 0 aliphatic heterocycles. The van der Waals surface area contributed by atoms with E-state index in [9.17, 15) is 0 Å². The Bertz CT molecular complexity index is 576. The molecular weight excluding hydrogens is 403 g/mol. The minimum atomic E-state index is 0.501. The Morgan fingerprint density at radius 3 is 2.56 bits per heavy atom. The minimum absolute atomic E-state index is 0.501. The number of pyridine rings is 1. The van der Waals surface area contributed by atoms with Crippen molar-refractivity contribution in [1.29, 1.82) is 0 Å². The molecule has 0 unspecified atom stereocenters. The van der Waals surface area contributed by atoms with Crippen molar-refractivity contribution >= 4 is 60.7 Å². The lowest BCUT2D eigenvalue weighted by atomic mass is 10.3. The number of nitrogens with one attached hydrogen (secondary N) is 1. The third-order valence-electron chi connectivity index (χ3n) is 2.27. The first-order valence-electron chi connectivity index (χ1n) is 5.06. The summed E-state index contributed by atoms with van der Waals surface area (Å²) in [5.74, 6) is 0. The van der Waals surface area contributed by atoms with Crippen LogP contribution >= 0.6 is 55.1 Å². The highest BCUT2D eigenvalue weighted by Crippen LogP contribution is 2.35. The van der Waals surface area contributed by atoms with Gasteiger partial charge in [-0.15, -0.1) is 0 Å². The van der Waals surface area contributed by atoms with E-state index in [1.807, 2.05) is 30.3 Å². The van der Waals surface area contributed by atoms with Crippen LogP contribution in [-0.2, 0) is 6.54 Å².